The number of carboxylic acid groups (broad SMARTS) is 1. The van der Waals surface area contributed by atoms with Crippen molar-refractivity contribution in [3.63, 3.8) is 0 Å². The van der Waals surface area contributed by atoms with E-state index in [0.717, 1.165) is 37.2 Å². The molecule has 2 N–H and O–H groups in total. The van der Waals surface area contributed by atoms with Crippen molar-refractivity contribution in [2.24, 2.45) is 11.8 Å². The van der Waals surface area contributed by atoms with Crippen LogP contribution in [0, 0.1) is 11.8 Å². The average molecular weight is 422 g/mol. The van der Waals surface area contributed by atoms with E-state index in [2.05, 4.69) is 24.1 Å². The highest BCUT2D eigenvalue weighted by Gasteiger charge is 2.41. The molecule has 28 heavy (non-hydrogen) atoms. The van der Waals surface area contributed by atoms with Gasteiger partial charge >= 0.3 is 5.97 Å². The lowest BCUT2D eigenvalue weighted by atomic mass is 9.89. The standard InChI is InChI=1S/C22H28ClNO3S/c1-24(13-15-6-3-2-4-7-15)14-18-17(19(23)12-20(18)25)9-5-8-16-10-11-21(28-16)22(26)27/h2-4,6-7,10-11,17-20,25H,5,8-9,12-14H2,1H3,(H,26,27)/t17-,18-,19-,20-/m1/s1. The van der Waals surface area contributed by atoms with E-state index < -0.39 is 5.97 Å². The molecule has 0 radical (unpaired) electrons. The van der Waals surface area contributed by atoms with Gasteiger partial charge in [0, 0.05) is 29.3 Å². The monoisotopic (exact) mass is 421 g/mol. The number of hydrogen-bond acceptors (Lipinski definition) is 4. The van der Waals surface area contributed by atoms with Crippen molar-refractivity contribution in [1.29, 1.82) is 0 Å². The number of carboxylic acids is 1. The molecule has 3 rings (SSSR count). The fourth-order valence-electron chi connectivity index (χ4n) is 4.24. The molecule has 1 heterocycles. The molecular weight excluding hydrogens is 394 g/mol. The lowest BCUT2D eigenvalue weighted by Gasteiger charge is -2.28. The highest BCUT2D eigenvalue weighted by molar-refractivity contribution is 7.13. The molecule has 0 amide bonds. The zero-order chi connectivity index (χ0) is 20.1. The highest BCUT2D eigenvalue weighted by atomic mass is 35.5. The Kier molecular flexibility index (Phi) is 7.52. The lowest BCUT2D eigenvalue weighted by Crippen LogP contribution is -2.33. The summed E-state index contributed by atoms with van der Waals surface area (Å²) in [4.78, 5) is 14.8. The summed E-state index contributed by atoms with van der Waals surface area (Å²) in [6.07, 6.45) is 3.07. The van der Waals surface area contributed by atoms with Crippen LogP contribution >= 0.6 is 22.9 Å². The van der Waals surface area contributed by atoms with Gasteiger partial charge in [0.05, 0.1) is 6.10 Å². The van der Waals surface area contributed by atoms with Crippen molar-refractivity contribution >= 4 is 28.9 Å². The van der Waals surface area contributed by atoms with Crippen LogP contribution in [0.3, 0.4) is 0 Å². The van der Waals surface area contributed by atoms with E-state index in [9.17, 15) is 9.90 Å². The maximum Gasteiger partial charge on any atom is 0.345 e. The topological polar surface area (TPSA) is 60.8 Å². The Bertz CT molecular complexity index is 766. The Balaban J connectivity index is 1.53. The van der Waals surface area contributed by atoms with E-state index in [4.69, 9.17) is 16.7 Å². The highest BCUT2D eigenvalue weighted by Crippen LogP contribution is 2.40. The number of alkyl halides is 1. The first-order valence-corrected chi connectivity index (χ1v) is 11.1. The van der Waals surface area contributed by atoms with Crippen LogP contribution < -0.4 is 0 Å². The van der Waals surface area contributed by atoms with Gasteiger partial charge in [-0.3, -0.25) is 0 Å². The van der Waals surface area contributed by atoms with Gasteiger partial charge in [-0.2, -0.15) is 0 Å². The molecule has 152 valence electrons. The van der Waals surface area contributed by atoms with Crippen LogP contribution in [0.1, 0.15) is 39.4 Å². The zero-order valence-corrected chi connectivity index (χ0v) is 17.7. The molecule has 1 aliphatic carbocycles. The van der Waals surface area contributed by atoms with Gasteiger partial charge in [0.15, 0.2) is 0 Å². The van der Waals surface area contributed by atoms with Crippen LogP contribution in [0.15, 0.2) is 42.5 Å². The minimum Gasteiger partial charge on any atom is -0.477 e. The summed E-state index contributed by atoms with van der Waals surface area (Å²) >= 11 is 7.93. The van der Waals surface area contributed by atoms with Gasteiger partial charge in [0.25, 0.3) is 0 Å². The number of aromatic carboxylic acids is 1. The Morgan fingerprint density at radius 3 is 2.64 bits per heavy atom. The molecule has 0 spiro atoms. The number of carbonyl (C=O) groups is 1. The Labute approximate surface area is 175 Å². The van der Waals surface area contributed by atoms with Crippen LogP contribution in [0.25, 0.3) is 0 Å². The molecule has 4 nitrogen and oxygen atoms in total. The minimum absolute atomic E-state index is 0.00282. The molecule has 6 heteroatoms. The Morgan fingerprint density at radius 2 is 1.96 bits per heavy atom. The molecule has 2 aromatic rings. The number of aliphatic hydroxyl groups excluding tert-OH is 1. The third kappa shape index (κ3) is 5.57. The van der Waals surface area contributed by atoms with E-state index in [1.807, 2.05) is 24.3 Å². The molecule has 4 atom stereocenters. The summed E-state index contributed by atoms with van der Waals surface area (Å²) in [6.45, 7) is 1.68. The number of benzene rings is 1. The lowest BCUT2D eigenvalue weighted by molar-refractivity contribution is 0.0702. The molecule has 0 aliphatic heterocycles. The van der Waals surface area contributed by atoms with Crippen molar-refractivity contribution < 1.29 is 15.0 Å². The second-order valence-corrected chi connectivity index (χ2v) is 9.52. The van der Waals surface area contributed by atoms with Crippen molar-refractivity contribution in [1.82, 2.24) is 4.90 Å². The fourth-order valence-corrected chi connectivity index (χ4v) is 5.63. The molecule has 0 unspecified atom stereocenters. The number of rotatable bonds is 9. The second-order valence-electron chi connectivity index (χ2n) is 7.79. The normalized spacial score (nSPS) is 24.7. The molecule has 1 aliphatic rings. The number of aliphatic hydroxyl groups is 1. The number of nitrogens with zero attached hydrogens (tertiary/aromatic N) is 1. The van der Waals surface area contributed by atoms with Gasteiger partial charge in [-0.15, -0.1) is 22.9 Å². The fraction of sp³-hybridized carbons (Fsp3) is 0.500. The van der Waals surface area contributed by atoms with Crippen molar-refractivity contribution in [2.45, 2.75) is 43.7 Å². The van der Waals surface area contributed by atoms with E-state index in [-0.39, 0.29) is 23.3 Å². The van der Waals surface area contributed by atoms with Gasteiger partial charge in [-0.05, 0) is 56.3 Å². The number of thiophene rings is 1. The zero-order valence-electron chi connectivity index (χ0n) is 16.1. The van der Waals surface area contributed by atoms with Crippen molar-refractivity contribution in [2.75, 3.05) is 13.6 Å². The Hall–Kier alpha value is -1.40. The molecule has 1 aromatic carbocycles. The van der Waals surface area contributed by atoms with Gasteiger partial charge in [0.1, 0.15) is 4.88 Å². The first-order chi connectivity index (χ1) is 13.4. The van der Waals surface area contributed by atoms with Crippen molar-refractivity contribution in [3.8, 4) is 0 Å². The maximum absolute atomic E-state index is 11.0. The molecule has 1 saturated carbocycles. The molecule has 0 bridgehead atoms. The summed E-state index contributed by atoms with van der Waals surface area (Å²) in [6, 6.07) is 13.9. The quantitative estimate of drug-likeness (QED) is 0.585. The maximum atomic E-state index is 11.0. The van der Waals surface area contributed by atoms with Crippen LogP contribution in [0.2, 0.25) is 0 Å². The summed E-state index contributed by atoms with van der Waals surface area (Å²) in [5, 5.41) is 19.6. The van der Waals surface area contributed by atoms with Crippen molar-refractivity contribution in [3.05, 3.63) is 57.8 Å². The van der Waals surface area contributed by atoms with Crippen LogP contribution in [-0.2, 0) is 13.0 Å². The average Bonchev–Trinajstić information content (AvgIpc) is 3.22. The summed E-state index contributed by atoms with van der Waals surface area (Å²) in [5.41, 5.74) is 1.27. The smallest absolute Gasteiger partial charge is 0.345 e. The first kappa shape index (κ1) is 21.3. The molecule has 0 saturated heterocycles. The van der Waals surface area contributed by atoms with Gasteiger partial charge in [-0.1, -0.05) is 30.3 Å². The van der Waals surface area contributed by atoms with Gasteiger partial charge in [-0.25, -0.2) is 4.79 Å². The summed E-state index contributed by atoms with van der Waals surface area (Å²) in [5.74, 6) is -0.402. The van der Waals surface area contributed by atoms with E-state index in [1.165, 1.54) is 16.9 Å². The van der Waals surface area contributed by atoms with Crippen LogP contribution in [-0.4, -0.2) is 46.2 Å². The SMILES string of the molecule is CN(Cc1ccccc1)C[C@@H]1[C@@H](CCCc2ccc(C(=O)O)s2)[C@H](Cl)C[C@H]1O. The largest absolute Gasteiger partial charge is 0.477 e. The van der Waals surface area contributed by atoms with Gasteiger partial charge < -0.3 is 15.1 Å². The number of hydrogen-bond donors (Lipinski definition) is 2. The predicted octanol–water partition coefficient (Wildman–Crippen LogP) is 4.51. The third-order valence-electron chi connectivity index (χ3n) is 5.63. The van der Waals surface area contributed by atoms with E-state index >= 15 is 0 Å². The molecular formula is C22H28ClNO3S. The van der Waals surface area contributed by atoms with Crippen LogP contribution in [0.5, 0.6) is 0 Å². The number of halogens is 1. The minimum atomic E-state index is -0.863. The molecule has 1 fully saturated rings. The van der Waals surface area contributed by atoms with E-state index in [0.29, 0.717) is 11.3 Å². The Morgan fingerprint density at radius 1 is 1.21 bits per heavy atom. The summed E-state index contributed by atoms with van der Waals surface area (Å²) < 4.78 is 0. The summed E-state index contributed by atoms with van der Waals surface area (Å²) in [7, 11) is 2.09. The second kappa shape index (κ2) is 9.88. The van der Waals surface area contributed by atoms with Gasteiger partial charge in [0.2, 0.25) is 0 Å². The van der Waals surface area contributed by atoms with Crippen LogP contribution in [0.4, 0.5) is 0 Å². The third-order valence-corrected chi connectivity index (χ3v) is 7.26. The predicted molar refractivity (Wildman–Crippen MR) is 114 cm³/mol. The van der Waals surface area contributed by atoms with E-state index in [1.54, 1.807) is 6.07 Å². The number of aryl methyl sites for hydroxylation is 1. The molecule has 1 aromatic heterocycles. The first-order valence-electron chi connectivity index (χ1n) is 9.80.